The SMILES string of the molecule is COCCONC1CCCc2ccc(O)cc21. The smallest absolute Gasteiger partial charge is 0.115 e. The first kappa shape index (κ1) is 12.4. The molecule has 0 amide bonds. The van der Waals surface area contributed by atoms with E-state index in [0.717, 1.165) is 24.8 Å². The van der Waals surface area contributed by atoms with Crippen molar-refractivity contribution in [3.8, 4) is 5.75 Å². The third-order valence-corrected chi connectivity index (χ3v) is 3.06. The van der Waals surface area contributed by atoms with E-state index in [2.05, 4.69) is 5.48 Å². The van der Waals surface area contributed by atoms with Crippen LogP contribution in [0.5, 0.6) is 5.75 Å². The highest BCUT2D eigenvalue weighted by Gasteiger charge is 2.20. The molecule has 17 heavy (non-hydrogen) atoms. The molecule has 1 aromatic carbocycles. The van der Waals surface area contributed by atoms with Crippen LogP contribution in [0.1, 0.15) is 30.0 Å². The van der Waals surface area contributed by atoms with Crippen LogP contribution < -0.4 is 5.48 Å². The van der Waals surface area contributed by atoms with Crippen LogP contribution in [-0.2, 0) is 16.0 Å². The Morgan fingerprint density at radius 3 is 3.12 bits per heavy atom. The molecule has 0 saturated heterocycles. The van der Waals surface area contributed by atoms with E-state index in [-0.39, 0.29) is 6.04 Å². The Balaban J connectivity index is 1.98. The number of fused-ring (bicyclic) bond motifs is 1. The molecule has 2 rings (SSSR count). The number of aryl methyl sites for hydroxylation is 1. The molecule has 4 heteroatoms. The van der Waals surface area contributed by atoms with Gasteiger partial charge in [0.25, 0.3) is 0 Å². The van der Waals surface area contributed by atoms with Crippen LogP contribution >= 0.6 is 0 Å². The Morgan fingerprint density at radius 2 is 2.29 bits per heavy atom. The molecule has 0 aromatic heterocycles. The second-order valence-electron chi connectivity index (χ2n) is 4.29. The van der Waals surface area contributed by atoms with Crippen molar-refractivity contribution in [1.29, 1.82) is 0 Å². The molecule has 1 atom stereocenters. The Morgan fingerprint density at radius 1 is 1.41 bits per heavy atom. The number of phenols is 1. The molecular formula is C13H19NO3. The van der Waals surface area contributed by atoms with Crippen LogP contribution in [0.25, 0.3) is 0 Å². The molecule has 0 bridgehead atoms. The summed E-state index contributed by atoms with van der Waals surface area (Å²) in [6.07, 6.45) is 3.25. The topological polar surface area (TPSA) is 50.7 Å². The predicted octanol–water partition coefficient (Wildman–Crippen LogP) is 1.94. The second-order valence-corrected chi connectivity index (χ2v) is 4.29. The van der Waals surface area contributed by atoms with Crippen molar-refractivity contribution >= 4 is 0 Å². The van der Waals surface area contributed by atoms with Gasteiger partial charge in [-0.05, 0) is 42.5 Å². The normalized spacial score (nSPS) is 19.0. The molecule has 0 saturated carbocycles. The third kappa shape index (κ3) is 3.19. The van der Waals surface area contributed by atoms with Gasteiger partial charge in [0.05, 0.1) is 19.3 Å². The van der Waals surface area contributed by atoms with E-state index in [4.69, 9.17) is 9.57 Å². The lowest BCUT2D eigenvalue weighted by Crippen LogP contribution is -2.26. The maximum Gasteiger partial charge on any atom is 0.115 e. The lowest BCUT2D eigenvalue weighted by molar-refractivity contribution is -0.0154. The number of methoxy groups -OCH3 is 1. The molecule has 1 unspecified atom stereocenters. The molecule has 0 spiro atoms. The van der Waals surface area contributed by atoms with Crippen molar-refractivity contribution in [2.45, 2.75) is 25.3 Å². The minimum Gasteiger partial charge on any atom is -0.508 e. The van der Waals surface area contributed by atoms with Gasteiger partial charge in [-0.3, -0.25) is 4.84 Å². The fraction of sp³-hybridized carbons (Fsp3) is 0.538. The molecule has 0 radical (unpaired) electrons. The summed E-state index contributed by atoms with van der Waals surface area (Å²) >= 11 is 0. The molecule has 94 valence electrons. The van der Waals surface area contributed by atoms with E-state index >= 15 is 0 Å². The number of ether oxygens (including phenoxy) is 1. The molecule has 0 fully saturated rings. The average Bonchev–Trinajstić information content (AvgIpc) is 2.35. The van der Waals surface area contributed by atoms with Crippen LogP contribution in [-0.4, -0.2) is 25.4 Å². The van der Waals surface area contributed by atoms with Crippen LogP contribution in [0.4, 0.5) is 0 Å². The van der Waals surface area contributed by atoms with E-state index < -0.39 is 0 Å². The predicted molar refractivity (Wildman–Crippen MR) is 64.7 cm³/mol. The van der Waals surface area contributed by atoms with Gasteiger partial charge in [-0.2, -0.15) is 5.48 Å². The van der Waals surface area contributed by atoms with Gasteiger partial charge in [0.1, 0.15) is 5.75 Å². The minimum absolute atomic E-state index is 0.169. The number of aromatic hydroxyl groups is 1. The van der Waals surface area contributed by atoms with Gasteiger partial charge in [0.2, 0.25) is 0 Å². The number of nitrogens with one attached hydrogen (secondary N) is 1. The summed E-state index contributed by atoms with van der Waals surface area (Å²) in [5, 5.41) is 9.53. The first-order valence-electron chi connectivity index (χ1n) is 5.99. The zero-order valence-corrected chi connectivity index (χ0v) is 10.1. The number of rotatable bonds is 5. The molecule has 1 aliphatic rings. The highest BCUT2D eigenvalue weighted by atomic mass is 16.7. The summed E-state index contributed by atoms with van der Waals surface area (Å²) in [6, 6.07) is 5.73. The number of benzene rings is 1. The zero-order chi connectivity index (χ0) is 12.1. The zero-order valence-electron chi connectivity index (χ0n) is 10.1. The second kappa shape index (κ2) is 6.00. The Hall–Kier alpha value is -1.10. The maximum atomic E-state index is 9.53. The highest BCUT2D eigenvalue weighted by Crippen LogP contribution is 2.31. The first-order chi connectivity index (χ1) is 8.31. The number of hydroxylamine groups is 1. The van der Waals surface area contributed by atoms with Crippen molar-refractivity contribution in [1.82, 2.24) is 5.48 Å². The molecular weight excluding hydrogens is 218 g/mol. The van der Waals surface area contributed by atoms with Crippen LogP contribution in [0.15, 0.2) is 18.2 Å². The van der Waals surface area contributed by atoms with E-state index in [0.29, 0.717) is 19.0 Å². The molecule has 0 aliphatic heterocycles. The van der Waals surface area contributed by atoms with Gasteiger partial charge in [-0.25, -0.2) is 0 Å². The summed E-state index contributed by atoms with van der Waals surface area (Å²) in [7, 11) is 1.65. The molecule has 1 aliphatic carbocycles. The Bertz CT molecular complexity index is 368. The standard InChI is InChI=1S/C13H19NO3/c1-16-7-8-17-14-13-4-2-3-10-5-6-11(15)9-12(10)13/h5-6,9,13-15H,2-4,7-8H2,1H3. The van der Waals surface area contributed by atoms with Crippen molar-refractivity contribution in [3.05, 3.63) is 29.3 Å². The lowest BCUT2D eigenvalue weighted by atomic mass is 9.88. The third-order valence-electron chi connectivity index (χ3n) is 3.06. The van der Waals surface area contributed by atoms with Gasteiger partial charge < -0.3 is 9.84 Å². The average molecular weight is 237 g/mol. The largest absolute Gasteiger partial charge is 0.508 e. The summed E-state index contributed by atoms with van der Waals surface area (Å²) in [4.78, 5) is 5.35. The number of phenolic OH excluding ortho intramolecular Hbond substituents is 1. The fourth-order valence-electron chi connectivity index (χ4n) is 2.19. The van der Waals surface area contributed by atoms with Gasteiger partial charge >= 0.3 is 0 Å². The van der Waals surface area contributed by atoms with Crippen molar-refractivity contribution in [3.63, 3.8) is 0 Å². The maximum absolute atomic E-state index is 9.53. The minimum atomic E-state index is 0.169. The van der Waals surface area contributed by atoms with E-state index in [9.17, 15) is 5.11 Å². The lowest BCUT2D eigenvalue weighted by Gasteiger charge is -2.26. The number of hydrogen-bond donors (Lipinski definition) is 2. The van der Waals surface area contributed by atoms with Crippen LogP contribution in [0.3, 0.4) is 0 Å². The first-order valence-corrected chi connectivity index (χ1v) is 5.99. The monoisotopic (exact) mass is 237 g/mol. The fourth-order valence-corrected chi connectivity index (χ4v) is 2.19. The molecule has 4 nitrogen and oxygen atoms in total. The Labute approximate surface area is 102 Å². The molecule has 1 aromatic rings. The molecule has 2 N–H and O–H groups in total. The van der Waals surface area contributed by atoms with Gasteiger partial charge in [0.15, 0.2) is 0 Å². The van der Waals surface area contributed by atoms with Crippen LogP contribution in [0, 0.1) is 0 Å². The van der Waals surface area contributed by atoms with Gasteiger partial charge in [-0.1, -0.05) is 6.07 Å². The highest BCUT2D eigenvalue weighted by molar-refractivity contribution is 5.38. The van der Waals surface area contributed by atoms with E-state index in [1.165, 1.54) is 5.56 Å². The quantitative estimate of drug-likeness (QED) is 0.607. The van der Waals surface area contributed by atoms with Gasteiger partial charge in [0, 0.05) is 7.11 Å². The summed E-state index contributed by atoms with van der Waals surface area (Å²) < 4.78 is 4.91. The van der Waals surface area contributed by atoms with E-state index in [1.807, 2.05) is 12.1 Å². The van der Waals surface area contributed by atoms with Crippen LogP contribution in [0.2, 0.25) is 0 Å². The van der Waals surface area contributed by atoms with Crippen molar-refractivity contribution < 1.29 is 14.7 Å². The van der Waals surface area contributed by atoms with E-state index in [1.54, 1.807) is 13.2 Å². The molecule has 0 heterocycles. The van der Waals surface area contributed by atoms with Crippen molar-refractivity contribution in [2.24, 2.45) is 0 Å². The Kier molecular flexibility index (Phi) is 4.36. The number of hydrogen-bond acceptors (Lipinski definition) is 4. The van der Waals surface area contributed by atoms with Crippen molar-refractivity contribution in [2.75, 3.05) is 20.3 Å². The summed E-state index contributed by atoms with van der Waals surface area (Å²) in [5.41, 5.74) is 5.49. The summed E-state index contributed by atoms with van der Waals surface area (Å²) in [5.74, 6) is 0.314. The van der Waals surface area contributed by atoms with Gasteiger partial charge in [-0.15, -0.1) is 0 Å². The summed E-state index contributed by atoms with van der Waals surface area (Å²) in [6.45, 7) is 1.10.